The monoisotopic (exact) mass is 415 g/mol. The van der Waals surface area contributed by atoms with Crippen LogP contribution < -0.4 is 0 Å². The molecule has 4 aromatic rings. The van der Waals surface area contributed by atoms with Crippen molar-refractivity contribution in [2.45, 2.75) is 25.9 Å². The van der Waals surface area contributed by atoms with Gasteiger partial charge in [-0.15, -0.1) is 0 Å². The number of fused-ring (bicyclic) bond motifs is 2. The van der Waals surface area contributed by atoms with Gasteiger partial charge in [-0.3, -0.25) is 4.79 Å². The zero-order chi connectivity index (χ0) is 21.0. The molecule has 0 spiro atoms. The predicted molar refractivity (Wildman–Crippen MR) is 99.6 cm³/mol. The van der Waals surface area contributed by atoms with E-state index in [4.69, 9.17) is 4.42 Å². The molecule has 1 amide bonds. The third-order valence-corrected chi connectivity index (χ3v) is 5.44. The lowest BCUT2D eigenvalue weighted by atomic mass is 9.97. The first kappa shape index (κ1) is 18.5. The molecular formula is C20H16F3N5O2. The molecule has 1 aliphatic rings. The number of amides is 1. The van der Waals surface area contributed by atoms with E-state index in [2.05, 4.69) is 15.1 Å². The normalized spacial score (nSPS) is 16.4. The Morgan fingerprint density at radius 3 is 2.97 bits per heavy atom. The number of halogens is 3. The number of aryl methyl sites for hydroxylation is 1. The molecule has 10 heteroatoms. The molecule has 0 saturated heterocycles. The van der Waals surface area contributed by atoms with Crippen LogP contribution in [-0.4, -0.2) is 37.1 Å². The number of aromatic nitrogens is 4. The highest BCUT2D eigenvalue weighted by Crippen LogP contribution is 2.39. The Hall–Kier alpha value is -3.56. The molecule has 0 bridgehead atoms. The minimum Gasteiger partial charge on any atom is -0.458 e. The third-order valence-electron chi connectivity index (χ3n) is 5.44. The van der Waals surface area contributed by atoms with Gasteiger partial charge in [0, 0.05) is 35.8 Å². The number of nitrogens with one attached hydrogen (secondary N) is 1. The summed E-state index contributed by atoms with van der Waals surface area (Å²) in [6.07, 6.45) is 3.16. The van der Waals surface area contributed by atoms with Gasteiger partial charge in [0.1, 0.15) is 28.9 Å². The fourth-order valence-corrected chi connectivity index (χ4v) is 4.02. The number of aromatic amines is 1. The van der Waals surface area contributed by atoms with Crippen molar-refractivity contribution >= 4 is 16.9 Å². The third kappa shape index (κ3) is 2.71. The van der Waals surface area contributed by atoms with E-state index >= 15 is 0 Å². The van der Waals surface area contributed by atoms with Crippen molar-refractivity contribution in [1.29, 1.82) is 0 Å². The Labute approximate surface area is 168 Å². The lowest BCUT2D eigenvalue weighted by Gasteiger charge is -2.34. The second-order valence-electron chi connectivity index (χ2n) is 7.09. The quantitative estimate of drug-likeness (QED) is 0.549. The van der Waals surface area contributed by atoms with Crippen LogP contribution in [0.2, 0.25) is 0 Å². The summed E-state index contributed by atoms with van der Waals surface area (Å²) >= 11 is 0. The Balaban J connectivity index is 1.66. The number of furan rings is 1. The molecule has 1 atom stereocenters. The van der Waals surface area contributed by atoms with Crippen molar-refractivity contribution in [2.75, 3.05) is 6.54 Å². The first-order valence-corrected chi connectivity index (χ1v) is 9.29. The lowest BCUT2D eigenvalue weighted by Crippen LogP contribution is -2.41. The number of rotatable bonds is 3. The molecule has 1 N–H and O–H groups in total. The molecule has 5 rings (SSSR count). The highest BCUT2D eigenvalue weighted by molar-refractivity contribution is 5.93. The number of hydrogen-bond donors (Lipinski definition) is 1. The van der Waals surface area contributed by atoms with E-state index in [-0.39, 0.29) is 12.2 Å². The van der Waals surface area contributed by atoms with Crippen LogP contribution in [-0.2, 0) is 6.42 Å². The van der Waals surface area contributed by atoms with Gasteiger partial charge in [-0.2, -0.15) is 18.6 Å². The van der Waals surface area contributed by atoms with Gasteiger partial charge in [0.2, 0.25) is 0 Å². The summed E-state index contributed by atoms with van der Waals surface area (Å²) in [4.78, 5) is 22.1. The van der Waals surface area contributed by atoms with Crippen molar-refractivity contribution in [1.82, 2.24) is 24.6 Å². The maximum Gasteiger partial charge on any atom is 0.333 e. The van der Waals surface area contributed by atoms with Gasteiger partial charge >= 0.3 is 6.55 Å². The van der Waals surface area contributed by atoms with Crippen molar-refractivity contribution in [3.05, 3.63) is 71.0 Å². The Bertz CT molecular complexity index is 1260. The minimum absolute atomic E-state index is 0.228. The summed E-state index contributed by atoms with van der Waals surface area (Å²) in [6, 6.07) is 4.69. The number of imidazole rings is 1. The zero-order valence-electron chi connectivity index (χ0n) is 15.8. The van der Waals surface area contributed by atoms with Crippen LogP contribution in [0.25, 0.3) is 11.0 Å². The molecule has 30 heavy (non-hydrogen) atoms. The van der Waals surface area contributed by atoms with Crippen LogP contribution in [0, 0.1) is 12.7 Å². The van der Waals surface area contributed by atoms with Crippen molar-refractivity contribution in [2.24, 2.45) is 0 Å². The van der Waals surface area contributed by atoms with Crippen LogP contribution in [0.3, 0.4) is 0 Å². The second kappa shape index (κ2) is 6.75. The molecule has 7 nitrogen and oxygen atoms in total. The molecule has 4 heterocycles. The van der Waals surface area contributed by atoms with Crippen LogP contribution in [0.1, 0.15) is 45.8 Å². The second-order valence-corrected chi connectivity index (χ2v) is 7.09. The van der Waals surface area contributed by atoms with Gasteiger partial charge in [0.15, 0.2) is 0 Å². The summed E-state index contributed by atoms with van der Waals surface area (Å²) in [5.74, 6) is -0.603. The van der Waals surface area contributed by atoms with Gasteiger partial charge in [-0.25, -0.2) is 9.37 Å². The Morgan fingerprint density at radius 2 is 2.17 bits per heavy atom. The standard InChI is InChI=1S/C20H16F3N5O2/c1-10-12-8-11(21)2-3-15(12)30-18(10)17-16-13(24-9-25-16)5-7-27(17)19(29)14-4-6-26-28(14)20(22)23/h2-4,6,8-9,17,20H,5,7H2,1H3,(H,24,25)/t17-/m1/s1. The van der Waals surface area contributed by atoms with Crippen molar-refractivity contribution in [3.63, 3.8) is 0 Å². The van der Waals surface area contributed by atoms with E-state index < -0.39 is 24.3 Å². The zero-order valence-corrected chi connectivity index (χ0v) is 15.8. The van der Waals surface area contributed by atoms with Gasteiger partial charge in [0.25, 0.3) is 5.91 Å². The van der Waals surface area contributed by atoms with E-state index in [1.807, 2.05) is 0 Å². The first-order chi connectivity index (χ1) is 14.5. The smallest absolute Gasteiger partial charge is 0.333 e. The van der Waals surface area contributed by atoms with Gasteiger partial charge in [-0.05, 0) is 31.2 Å². The highest BCUT2D eigenvalue weighted by atomic mass is 19.3. The average Bonchev–Trinajstić information content (AvgIpc) is 3.45. The average molecular weight is 415 g/mol. The van der Waals surface area contributed by atoms with Crippen molar-refractivity contribution < 1.29 is 22.4 Å². The fourth-order valence-electron chi connectivity index (χ4n) is 4.02. The Kier molecular flexibility index (Phi) is 4.16. The molecule has 0 radical (unpaired) electrons. The molecule has 0 saturated carbocycles. The highest BCUT2D eigenvalue weighted by Gasteiger charge is 2.39. The van der Waals surface area contributed by atoms with Gasteiger partial charge in [0.05, 0.1) is 12.0 Å². The van der Waals surface area contributed by atoms with Crippen LogP contribution in [0.4, 0.5) is 13.2 Å². The fraction of sp³-hybridized carbons (Fsp3) is 0.250. The molecule has 0 aliphatic carbocycles. The van der Waals surface area contributed by atoms with E-state index in [1.165, 1.54) is 35.5 Å². The summed E-state index contributed by atoms with van der Waals surface area (Å²) in [5.41, 5.74) is 2.30. The number of carbonyl (C=O) groups excluding carboxylic acids is 1. The topological polar surface area (TPSA) is 80.0 Å². The summed E-state index contributed by atoms with van der Waals surface area (Å²) in [6.45, 7) is -0.912. The molecule has 1 aliphatic heterocycles. The number of alkyl halides is 2. The van der Waals surface area contributed by atoms with Gasteiger partial charge < -0.3 is 14.3 Å². The SMILES string of the molecule is Cc1c([C@H]2c3nc[nH]c3CCN2C(=O)c2ccnn2C(F)F)oc2ccc(F)cc12. The van der Waals surface area contributed by atoms with Gasteiger partial charge in [-0.1, -0.05) is 0 Å². The van der Waals surface area contributed by atoms with Crippen molar-refractivity contribution in [3.8, 4) is 0 Å². The van der Waals surface area contributed by atoms with E-state index in [9.17, 15) is 18.0 Å². The molecule has 3 aromatic heterocycles. The molecule has 0 unspecified atom stereocenters. The minimum atomic E-state index is -2.95. The van der Waals surface area contributed by atoms with Crippen LogP contribution in [0.5, 0.6) is 0 Å². The number of benzene rings is 1. The Morgan fingerprint density at radius 1 is 1.33 bits per heavy atom. The molecule has 154 valence electrons. The summed E-state index contributed by atoms with van der Waals surface area (Å²) in [7, 11) is 0. The number of nitrogens with zero attached hydrogens (tertiary/aromatic N) is 4. The maximum atomic E-state index is 13.8. The maximum absolute atomic E-state index is 13.8. The first-order valence-electron chi connectivity index (χ1n) is 9.29. The summed E-state index contributed by atoms with van der Waals surface area (Å²) in [5, 5.41) is 4.14. The largest absolute Gasteiger partial charge is 0.458 e. The lowest BCUT2D eigenvalue weighted by molar-refractivity contribution is 0.0436. The predicted octanol–water partition coefficient (Wildman–Crippen LogP) is 3.98. The van der Waals surface area contributed by atoms with Crippen LogP contribution >= 0.6 is 0 Å². The van der Waals surface area contributed by atoms with E-state index in [0.29, 0.717) is 39.1 Å². The van der Waals surface area contributed by atoms with Crippen LogP contribution in [0.15, 0.2) is 41.2 Å². The molecular weight excluding hydrogens is 399 g/mol. The van der Waals surface area contributed by atoms with E-state index in [1.54, 1.807) is 6.92 Å². The molecule has 0 fully saturated rings. The number of carbonyl (C=O) groups is 1. The number of hydrogen-bond acceptors (Lipinski definition) is 4. The summed E-state index contributed by atoms with van der Waals surface area (Å²) < 4.78 is 46.8. The molecule has 1 aromatic carbocycles. The van der Waals surface area contributed by atoms with E-state index in [0.717, 1.165) is 11.9 Å². The number of H-pyrrole nitrogens is 1.